The van der Waals surface area contributed by atoms with Crippen molar-refractivity contribution in [3.8, 4) is 5.75 Å². The third-order valence-corrected chi connectivity index (χ3v) is 4.81. The lowest BCUT2D eigenvalue weighted by Crippen LogP contribution is -2.39. The van der Waals surface area contributed by atoms with Gasteiger partial charge in [-0.15, -0.1) is 0 Å². The Hall–Kier alpha value is -2.30. The molecule has 0 spiro atoms. The summed E-state index contributed by atoms with van der Waals surface area (Å²) in [6, 6.07) is 6.13. The van der Waals surface area contributed by atoms with Crippen molar-refractivity contribution < 1.29 is 4.74 Å². The lowest BCUT2D eigenvalue weighted by atomic mass is 9.92. The minimum absolute atomic E-state index is 0.664. The molecule has 1 aliphatic heterocycles. The van der Waals surface area contributed by atoms with Crippen molar-refractivity contribution in [2.24, 2.45) is 11.8 Å². The Labute approximate surface area is 142 Å². The first-order chi connectivity index (χ1) is 11.7. The maximum Gasteiger partial charge on any atom is 0.156 e. The number of benzene rings is 1. The largest absolute Gasteiger partial charge is 0.494 e. The van der Waals surface area contributed by atoms with E-state index in [-0.39, 0.29) is 0 Å². The van der Waals surface area contributed by atoms with E-state index in [2.05, 4.69) is 45.8 Å². The van der Waals surface area contributed by atoms with Gasteiger partial charge in [-0.2, -0.15) is 0 Å². The fraction of sp³-hybridized carbons (Fsp3) is 0.474. The van der Waals surface area contributed by atoms with Crippen LogP contribution in [0.4, 0.5) is 5.82 Å². The van der Waals surface area contributed by atoms with Gasteiger partial charge >= 0.3 is 0 Å². The summed E-state index contributed by atoms with van der Waals surface area (Å²) in [5.41, 5.74) is 3.08. The highest BCUT2D eigenvalue weighted by Crippen LogP contribution is 2.33. The zero-order chi connectivity index (χ0) is 16.7. The molecule has 24 heavy (non-hydrogen) atoms. The number of ether oxygens (including phenoxy) is 1. The highest BCUT2D eigenvalue weighted by molar-refractivity contribution is 6.08. The summed E-state index contributed by atoms with van der Waals surface area (Å²) < 4.78 is 5.64. The third kappa shape index (κ3) is 2.58. The second-order valence-electron chi connectivity index (χ2n) is 7.04. The van der Waals surface area contributed by atoms with Gasteiger partial charge in [0.15, 0.2) is 5.82 Å². The van der Waals surface area contributed by atoms with Crippen LogP contribution in [0.3, 0.4) is 0 Å². The smallest absolute Gasteiger partial charge is 0.156 e. The Kier molecular flexibility index (Phi) is 3.79. The van der Waals surface area contributed by atoms with Gasteiger partial charge in [0.2, 0.25) is 0 Å². The molecule has 5 heteroatoms. The molecule has 1 N–H and O–H groups in total. The highest BCUT2D eigenvalue weighted by Gasteiger charge is 2.25. The maximum absolute atomic E-state index is 5.64. The molecule has 0 bridgehead atoms. The predicted octanol–water partition coefficient (Wildman–Crippen LogP) is 3.99. The minimum Gasteiger partial charge on any atom is -0.494 e. The van der Waals surface area contributed by atoms with Crippen LogP contribution in [-0.2, 0) is 0 Å². The fourth-order valence-corrected chi connectivity index (χ4v) is 3.99. The number of aromatic nitrogens is 3. The van der Waals surface area contributed by atoms with Crippen LogP contribution in [0.2, 0.25) is 0 Å². The second-order valence-corrected chi connectivity index (χ2v) is 7.04. The van der Waals surface area contributed by atoms with Crippen molar-refractivity contribution in [2.45, 2.75) is 27.2 Å². The van der Waals surface area contributed by atoms with Crippen molar-refractivity contribution in [3.63, 3.8) is 0 Å². The van der Waals surface area contributed by atoms with Gasteiger partial charge in [-0.3, -0.25) is 0 Å². The number of nitrogens with one attached hydrogen (secondary N) is 1. The van der Waals surface area contributed by atoms with E-state index in [1.165, 1.54) is 6.42 Å². The molecule has 4 rings (SSSR count). The van der Waals surface area contributed by atoms with Crippen LogP contribution in [0.5, 0.6) is 5.75 Å². The van der Waals surface area contributed by atoms with E-state index in [9.17, 15) is 0 Å². The summed E-state index contributed by atoms with van der Waals surface area (Å²) in [5, 5.41) is 1.10. The van der Waals surface area contributed by atoms with Crippen LogP contribution in [0.25, 0.3) is 21.9 Å². The third-order valence-electron chi connectivity index (χ3n) is 4.81. The van der Waals surface area contributed by atoms with E-state index in [4.69, 9.17) is 4.74 Å². The molecule has 1 aliphatic rings. The van der Waals surface area contributed by atoms with Gasteiger partial charge < -0.3 is 14.6 Å². The number of H-pyrrole nitrogens is 1. The molecule has 1 fully saturated rings. The fourth-order valence-electron chi connectivity index (χ4n) is 3.99. The Morgan fingerprint density at radius 1 is 1.21 bits per heavy atom. The van der Waals surface area contributed by atoms with Crippen LogP contribution in [0.1, 0.15) is 27.2 Å². The van der Waals surface area contributed by atoms with Crippen LogP contribution >= 0.6 is 0 Å². The van der Waals surface area contributed by atoms with E-state index in [0.717, 1.165) is 46.6 Å². The average Bonchev–Trinajstić information content (AvgIpc) is 2.92. The summed E-state index contributed by atoms with van der Waals surface area (Å²) in [6.07, 6.45) is 2.97. The van der Waals surface area contributed by atoms with E-state index < -0.39 is 0 Å². The number of rotatable bonds is 3. The monoisotopic (exact) mass is 324 g/mol. The molecule has 0 amide bonds. The molecule has 0 aliphatic carbocycles. The number of hydrogen-bond acceptors (Lipinski definition) is 4. The first-order valence-corrected chi connectivity index (χ1v) is 8.80. The molecule has 0 radical (unpaired) electrons. The second kappa shape index (κ2) is 5.96. The minimum atomic E-state index is 0.664. The molecule has 5 nitrogen and oxygen atoms in total. The molecule has 2 atom stereocenters. The average molecular weight is 324 g/mol. The summed E-state index contributed by atoms with van der Waals surface area (Å²) in [5.74, 6) is 3.28. The molecule has 3 heterocycles. The summed E-state index contributed by atoms with van der Waals surface area (Å²) >= 11 is 0. The number of hydrogen-bond donors (Lipinski definition) is 1. The number of anilines is 1. The highest BCUT2D eigenvalue weighted by atomic mass is 16.5. The zero-order valence-corrected chi connectivity index (χ0v) is 14.5. The van der Waals surface area contributed by atoms with Crippen LogP contribution in [0.15, 0.2) is 24.5 Å². The lowest BCUT2D eigenvalue weighted by Gasteiger charge is -2.35. The van der Waals surface area contributed by atoms with Gasteiger partial charge in [0.25, 0.3) is 0 Å². The van der Waals surface area contributed by atoms with E-state index >= 15 is 0 Å². The van der Waals surface area contributed by atoms with E-state index in [0.29, 0.717) is 18.4 Å². The van der Waals surface area contributed by atoms with Crippen LogP contribution in [-0.4, -0.2) is 34.6 Å². The van der Waals surface area contributed by atoms with Crippen LogP contribution in [0, 0.1) is 11.8 Å². The SMILES string of the molecule is CCOc1ccc2[nH]c3c(N4C[C@H](C)C[C@H](C)C4)ncnc3c2c1. The van der Waals surface area contributed by atoms with Gasteiger partial charge in [0.1, 0.15) is 23.1 Å². The van der Waals surface area contributed by atoms with E-state index in [1.807, 2.05) is 13.0 Å². The molecule has 1 aromatic carbocycles. The standard InChI is InChI=1S/C19H24N4O/c1-4-24-14-5-6-16-15(8-14)17-18(22-16)19(21-11-20-17)23-9-12(2)7-13(3)10-23/h5-6,8,11-13,22H,4,7,9-10H2,1-3H3/t12-,13+. The Bertz CT molecular complexity index is 862. The first-order valence-electron chi connectivity index (χ1n) is 8.80. The number of aromatic amines is 1. The predicted molar refractivity (Wildman–Crippen MR) is 97.7 cm³/mol. The summed E-state index contributed by atoms with van der Waals surface area (Å²) in [7, 11) is 0. The van der Waals surface area contributed by atoms with Crippen molar-refractivity contribution in [1.29, 1.82) is 0 Å². The first kappa shape index (κ1) is 15.2. The van der Waals surface area contributed by atoms with Gasteiger partial charge in [-0.25, -0.2) is 9.97 Å². The quantitative estimate of drug-likeness (QED) is 0.791. The van der Waals surface area contributed by atoms with E-state index in [1.54, 1.807) is 6.33 Å². The summed E-state index contributed by atoms with van der Waals surface area (Å²) in [4.78, 5) is 15.1. The molecule has 3 aromatic rings. The van der Waals surface area contributed by atoms with Gasteiger partial charge in [-0.1, -0.05) is 13.8 Å². The van der Waals surface area contributed by atoms with Crippen molar-refractivity contribution in [2.75, 3.05) is 24.6 Å². The number of fused-ring (bicyclic) bond motifs is 3. The Morgan fingerprint density at radius 2 is 2.00 bits per heavy atom. The van der Waals surface area contributed by atoms with Crippen LogP contribution < -0.4 is 9.64 Å². The molecule has 2 aromatic heterocycles. The summed E-state index contributed by atoms with van der Waals surface area (Å²) in [6.45, 7) is 9.41. The lowest BCUT2D eigenvalue weighted by molar-refractivity contribution is 0.341. The van der Waals surface area contributed by atoms with Crippen molar-refractivity contribution in [1.82, 2.24) is 15.0 Å². The molecule has 0 saturated carbocycles. The van der Waals surface area contributed by atoms with Gasteiger partial charge in [0.05, 0.1) is 6.61 Å². The normalized spacial score (nSPS) is 21.5. The molecule has 0 unspecified atom stereocenters. The Morgan fingerprint density at radius 3 is 2.75 bits per heavy atom. The maximum atomic E-state index is 5.64. The van der Waals surface area contributed by atoms with Gasteiger partial charge in [0, 0.05) is 24.0 Å². The van der Waals surface area contributed by atoms with Gasteiger partial charge in [-0.05, 0) is 43.4 Å². The number of piperidine rings is 1. The zero-order valence-electron chi connectivity index (χ0n) is 14.5. The molecule has 126 valence electrons. The van der Waals surface area contributed by atoms with Crippen molar-refractivity contribution >= 4 is 27.8 Å². The molecular formula is C19H24N4O. The van der Waals surface area contributed by atoms with Crippen molar-refractivity contribution in [3.05, 3.63) is 24.5 Å². The Balaban J connectivity index is 1.83. The molecule has 1 saturated heterocycles. The molecular weight excluding hydrogens is 300 g/mol. The number of nitrogens with zero attached hydrogens (tertiary/aromatic N) is 3. The topological polar surface area (TPSA) is 54.0 Å².